The smallest absolute Gasteiger partial charge is 0.306 e. The van der Waals surface area contributed by atoms with Crippen molar-refractivity contribution in [2.24, 2.45) is 0 Å². The summed E-state index contributed by atoms with van der Waals surface area (Å²) in [6, 6.07) is 1.70. The molecule has 0 N–H and O–H groups in total. The van der Waals surface area contributed by atoms with E-state index in [2.05, 4.69) is 10.3 Å². The highest BCUT2D eigenvalue weighted by Crippen LogP contribution is 2.32. The van der Waals surface area contributed by atoms with Crippen molar-refractivity contribution in [2.75, 3.05) is 20.8 Å². The van der Waals surface area contributed by atoms with E-state index in [4.69, 9.17) is 18.5 Å². The minimum Gasteiger partial charge on any atom is -0.469 e. The Bertz CT molecular complexity index is 576. The van der Waals surface area contributed by atoms with Crippen LogP contribution in [0, 0.1) is 6.92 Å². The second-order valence-electron chi connectivity index (χ2n) is 4.67. The van der Waals surface area contributed by atoms with E-state index in [1.54, 1.807) is 13.2 Å². The van der Waals surface area contributed by atoms with Crippen molar-refractivity contribution >= 4 is 5.97 Å². The molecule has 0 radical (unpaired) electrons. The molecular weight excluding hydrogens is 276 g/mol. The van der Waals surface area contributed by atoms with Gasteiger partial charge in [-0.2, -0.15) is 0 Å². The molecule has 114 valence electrons. The number of nitrogens with zero attached hydrogens (tertiary/aromatic N) is 2. The molecule has 7 heteroatoms. The van der Waals surface area contributed by atoms with E-state index in [1.807, 2.05) is 6.92 Å². The van der Waals surface area contributed by atoms with Crippen LogP contribution in [-0.4, -0.2) is 37.1 Å². The predicted molar refractivity (Wildman–Crippen MR) is 72.6 cm³/mol. The lowest BCUT2D eigenvalue weighted by atomic mass is 9.94. The Labute approximate surface area is 122 Å². The maximum Gasteiger partial charge on any atom is 0.306 e. The van der Waals surface area contributed by atoms with E-state index in [0.29, 0.717) is 24.5 Å². The number of methoxy groups -OCH3 is 2. The second kappa shape index (κ2) is 7.03. The van der Waals surface area contributed by atoms with Crippen molar-refractivity contribution in [3.8, 4) is 11.5 Å². The molecule has 0 fully saturated rings. The maximum absolute atomic E-state index is 11.6. The summed E-state index contributed by atoms with van der Waals surface area (Å²) >= 11 is 0. The van der Waals surface area contributed by atoms with Crippen LogP contribution >= 0.6 is 0 Å². The first-order valence-corrected chi connectivity index (χ1v) is 6.60. The molecule has 2 heterocycles. The Kier molecular flexibility index (Phi) is 5.10. The second-order valence-corrected chi connectivity index (χ2v) is 4.67. The fourth-order valence-corrected chi connectivity index (χ4v) is 2.18. The van der Waals surface area contributed by atoms with Crippen molar-refractivity contribution in [1.82, 2.24) is 10.3 Å². The number of carbonyl (C=O) groups is 1. The van der Waals surface area contributed by atoms with Gasteiger partial charge in [-0.3, -0.25) is 4.79 Å². The molecule has 0 spiro atoms. The molecule has 0 amide bonds. The van der Waals surface area contributed by atoms with Gasteiger partial charge in [0.05, 0.1) is 19.2 Å². The molecule has 0 saturated carbocycles. The average molecular weight is 294 g/mol. The Hall–Kier alpha value is -2.15. The Balaban J connectivity index is 2.25. The van der Waals surface area contributed by atoms with Crippen LogP contribution < -0.4 is 0 Å². The Morgan fingerprint density at radius 2 is 2.19 bits per heavy atom. The fraction of sp³-hybridized carbons (Fsp3) is 0.500. The van der Waals surface area contributed by atoms with Gasteiger partial charge in [0.2, 0.25) is 0 Å². The number of carbonyl (C=O) groups excluding carboxylic acids is 1. The van der Waals surface area contributed by atoms with Crippen LogP contribution in [0.4, 0.5) is 0 Å². The summed E-state index contributed by atoms with van der Waals surface area (Å²) in [7, 11) is 2.98. The van der Waals surface area contributed by atoms with Gasteiger partial charge in [-0.25, -0.2) is 0 Å². The lowest BCUT2D eigenvalue weighted by Crippen LogP contribution is -2.12. The van der Waals surface area contributed by atoms with Crippen LogP contribution in [0.25, 0.3) is 11.5 Å². The lowest BCUT2D eigenvalue weighted by molar-refractivity contribution is -0.141. The van der Waals surface area contributed by atoms with Gasteiger partial charge < -0.3 is 18.5 Å². The van der Waals surface area contributed by atoms with E-state index in [1.165, 1.54) is 13.4 Å². The van der Waals surface area contributed by atoms with Gasteiger partial charge in [0, 0.05) is 31.3 Å². The third-order valence-corrected chi connectivity index (χ3v) is 3.33. The van der Waals surface area contributed by atoms with E-state index in [0.717, 1.165) is 11.3 Å². The summed E-state index contributed by atoms with van der Waals surface area (Å²) in [5, 5.41) is 7.93. The zero-order chi connectivity index (χ0) is 15.2. The largest absolute Gasteiger partial charge is 0.469 e. The van der Waals surface area contributed by atoms with Gasteiger partial charge in [-0.1, -0.05) is 10.3 Å². The summed E-state index contributed by atoms with van der Waals surface area (Å²) in [6.07, 6.45) is 2.34. The van der Waals surface area contributed by atoms with Crippen LogP contribution in [-0.2, 0) is 14.3 Å². The highest BCUT2D eigenvalue weighted by Gasteiger charge is 2.25. The van der Waals surface area contributed by atoms with Crippen molar-refractivity contribution < 1.29 is 23.3 Å². The van der Waals surface area contributed by atoms with E-state index < -0.39 is 0 Å². The van der Waals surface area contributed by atoms with E-state index in [9.17, 15) is 4.79 Å². The number of ether oxygens (including phenoxy) is 2. The fourth-order valence-electron chi connectivity index (χ4n) is 2.18. The molecule has 2 aromatic rings. The van der Waals surface area contributed by atoms with Crippen LogP contribution in [0.1, 0.15) is 30.0 Å². The van der Waals surface area contributed by atoms with Gasteiger partial charge in [0.15, 0.2) is 11.5 Å². The normalized spacial score (nSPS) is 12.3. The predicted octanol–water partition coefficient (Wildman–Crippen LogP) is 2.32. The molecular formula is C14H18N2O5. The maximum atomic E-state index is 11.6. The van der Waals surface area contributed by atoms with Crippen molar-refractivity contribution in [3.05, 3.63) is 23.6 Å². The summed E-state index contributed by atoms with van der Waals surface area (Å²) in [6.45, 7) is 2.40. The first-order chi connectivity index (χ1) is 10.2. The van der Waals surface area contributed by atoms with Crippen LogP contribution in [0.2, 0.25) is 0 Å². The zero-order valence-corrected chi connectivity index (χ0v) is 12.3. The monoisotopic (exact) mass is 294 g/mol. The summed E-state index contributed by atoms with van der Waals surface area (Å²) in [5.41, 5.74) is 2.14. The number of aromatic nitrogens is 2. The quantitative estimate of drug-likeness (QED) is 0.724. The summed E-state index contributed by atoms with van der Waals surface area (Å²) in [4.78, 5) is 11.6. The molecule has 2 aromatic heterocycles. The topological polar surface area (TPSA) is 87.6 Å². The zero-order valence-electron chi connectivity index (χ0n) is 12.3. The molecule has 21 heavy (non-hydrogen) atoms. The number of esters is 1. The third-order valence-electron chi connectivity index (χ3n) is 3.33. The minimum atomic E-state index is -0.290. The van der Waals surface area contributed by atoms with Crippen LogP contribution in [0.5, 0.6) is 0 Å². The Morgan fingerprint density at radius 1 is 1.38 bits per heavy atom. The molecule has 0 aliphatic heterocycles. The summed E-state index contributed by atoms with van der Waals surface area (Å²) in [5.74, 6) is 0.134. The van der Waals surface area contributed by atoms with Gasteiger partial charge >= 0.3 is 5.97 Å². The highest BCUT2D eigenvalue weighted by molar-refractivity contribution is 5.70. The molecule has 1 atom stereocenters. The average Bonchev–Trinajstić information content (AvgIpc) is 3.12. The minimum absolute atomic E-state index is 0.123. The van der Waals surface area contributed by atoms with Crippen molar-refractivity contribution in [1.29, 1.82) is 0 Å². The van der Waals surface area contributed by atoms with Crippen LogP contribution in [0.3, 0.4) is 0 Å². The molecule has 0 aliphatic carbocycles. The Morgan fingerprint density at radius 3 is 2.81 bits per heavy atom. The van der Waals surface area contributed by atoms with Crippen molar-refractivity contribution in [2.45, 2.75) is 25.7 Å². The van der Waals surface area contributed by atoms with Crippen molar-refractivity contribution in [3.63, 3.8) is 0 Å². The molecule has 0 saturated heterocycles. The summed E-state index contributed by atoms with van der Waals surface area (Å²) < 4.78 is 20.0. The third kappa shape index (κ3) is 3.49. The van der Waals surface area contributed by atoms with E-state index in [-0.39, 0.29) is 18.3 Å². The van der Waals surface area contributed by atoms with Gasteiger partial charge in [-0.15, -0.1) is 0 Å². The molecule has 0 aliphatic rings. The lowest BCUT2D eigenvalue weighted by Gasteiger charge is -2.13. The first kappa shape index (κ1) is 15.2. The molecule has 2 rings (SSSR count). The molecule has 0 bridgehead atoms. The van der Waals surface area contributed by atoms with Gasteiger partial charge in [0.1, 0.15) is 6.26 Å². The number of hydrogen-bond acceptors (Lipinski definition) is 7. The number of hydrogen-bond donors (Lipinski definition) is 0. The SMILES string of the molecule is COCCC(CC(=O)OC)c1noc(-c2ccon2)c1C. The van der Waals surface area contributed by atoms with Gasteiger partial charge in [0.25, 0.3) is 0 Å². The number of rotatable bonds is 7. The molecule has 7 nitrogen and oxygen atoms in total. The van der Waals surface area contributed by atoms with E-state index >= 15 is 0 Å². The standard InChI is InChI=1S/C14H18N2O5/c1-9-13(10(4-6-18-2)8-12(17)19-3)16-21-14(9)11-5-7-20-15-11/h5,7,10H,4,6,8H2,1-3H3. The highest BCUT2D eigenvalue weighted by atomic mass is 16.5. The first-order valence-electron chi connectivity index (χ1n) is 6.60. The molecule has 0 aromatic carbocycles. The van der Waals surface area contributed by atoms with Crippen LogP contribution in [0.15, 0.2) is 21.4 Å². The molecule has 1 unspecified atom stereocenters. The van der Waals surface area contributed by atoms with Gasteiger partial charge in [-0.05, 0) is 13.3 Å².